The fourth-order valence-corrected chi connectivity index (χ4v) is 2.04. The summed E-state index contributed by atoms with van der Waals surface area (Å²) in [6, 6.07) is 8.35. The van der Waals surface area contributed by atoms with Gasteiger partial charge in [-0.3, -0.25) is 0 Å². The van der Waals surface area contributed by atoms with Gasteiger partial charge in [0, 0.05) is 12.7 Å². The van der Waals surface area contributed by atoms with Crippen molar-refractivity contribution in [2.75, 3.05) is 5.32 Å². The van der Waals surface area contributed by atoms with Crippen LogP contribution in [0.5, 0.6) is 0 Å². The Morgan fingerprint density at radius 2 is 2.00 bits per heavy atom. The molecule has 0 bridgehead atoms. The predicted octanol–water partition coefficient (Wildman–Crippen LogP) is 4.27. The molecule has 0 aliphatic rings. The first-order valence-corrected chi connectivity index (χ1v) is 6.37. The van der Waals surface area contributed by atoms with Gasteiger partial charge in [0.05, 0.1) is 5.69 Å². The number of pyridine rings is 1. The monoisotopic (exact) mass is 260 g/mol. The lowest BCUT2D eigenvalue weighted by atomic mass is 10.0. The smallest absolute Gasteiger partial charge is 0.152 e. The van der Waals surface area contributed by atoms with Crippen LogP contribution in [0.1, 0.15) is 22.3 Å². The van der Waals surface area contributed by atoms with Gasteiger partial charge in [0.2, 0.25) is 0 Å². The zero-order valence-electron chi connectivity index (χ0n) is 10.9. The number of anilines is 1. The quantitative estimate of drug-likeness (QED) is 0.834. The minimum Gasteiger partial charge on any atom is -0.378 e. The maximum Gasteiger partial charge on any atom is 0.152 e. The molecule has 1 heterocycles. The van der Waals surface area contributed by atoms with Crippen LogP contribution in [-0.4, -0.2) is 4.98 Å². The molecule has 0 fully saturated rings. The van der Waals surface area contributed by atoms with Gasteiger partial charge >= 0.3 is 0 Å². The van der Waals surface area contributed by atoms with Crippen LogP contribution in [0.25, 0.3) is 0 Å². The summed E-state index contributed by atoms with van der Waals surface area (Å²) in [7, 11) is 0. The molecule has 1 N–H and O–H groups in total. The van der Waals surface area contributed by atoms with Gasteiger partial charge < -0.3 is 5.32 Å². The molecule has 94 valence electrons. The van der Waals surface area contributed by atoms with Gasteiger partial charge in [0.25, 0.3) is 0 Å². The highest BCUT2D eigenvalue weighted by Crippen LogP contribution is 2.21. The highest BCUT2D eigenvalue weighted by Gasteiger charge is 2.04. The molecule has 0 radical (unpaired) electrons. The Bertz CT molecular complexity index is 562. The molecule has 0 atom stereocenters. The van der Waals surface area contributed by atoms with Crippen molar-refractivity contribution in [2.24, 2.45) is 0 Å². The van der Waals surface area contributed by atoms with Gasteiger partial charge in [-0.2, -0.15) is 0 Å². The van der Waals surface area contributed by atoms with E-state index in [0.717, 1.165) is 17.8 Å². The Morgan fingerprint density at radius 1 is 1.22 bits per heavy atom. The number of nitrogens with zero attached hydrogens (tertiary/aromatic N) is 1. The van der Waals surface area contributed by atoms with Crippen molar-refractivity contribution < 1.29 is 0 Å². The van der Waals surface area contributed by atoms with Gasteiger partial charge in [-0.1, -0.05) is 29.8 Å². The fraction of sp³-hybridized carbons (Fsp3) is 0.267. The SMILES string of the molecule is Cc1cnc(Cl)c(NCc2cccc(C)c2C)c1. The van der Waals surface area contributed by atoms with Crippen LogP contribution < -0.4 is 5.32 Å². The van der Waals surface area contributed by atoms with E-state index in [4.69, 9.17) is 11.6 Å². The summed E-state index contributed by atoms with van der Waals surface area (Å²) in [6.45, 7) is 7.03. The number of halogens is 1. The second-order valence-electron chi connectivity index (χ2n) is 4.56. The van der Waals surface area contributed by atoms with E-state index in [2.05, 4.69) is 42.3 Å². The number of rotatable bonds is 3. The van der Waals surface area contributed by atoms with Crippen LogP contribution >= 0.6 is 11.6 Å². The number of nitrogens with one attached hydrogen (secondary N) is 1. The molecule has 2 aromatic rings. The molecule has 0 unspecified atom stereocenters. The van der Waals surface area contributed by atoms with Crippen molar-refractivity contribution in [3.05, 3.63) is 57.9 Å². The molecule has 0 saturated carbocycles. The number of aromatic nitrogens is 1. The Labute approximate surface area is 113 Å². The average Bonchev–Trinajstić information content (AvgIpc) is 2.35. The number of benzene rings is 1. The molecule has 0 aliphatic heterocycles. The molecule has 2 rings (SSSR count). The van der Waals surface area contributed by atoms with Crippen LogP contribution in [0.3, 0.4) is 0 Å². The molecule has 0 spiro atoms. The van der Waals surface area contributed by atoms with E-state index in [1.54, 1.807) is 6.20 Å². The van der Waals surface area contributed by atoms with Crippen molar-refractivity contribution >= 4 is 17.3 Å². The molecule has 18 heavy (non-hydrogen) atoms. The van der Waals surface area contributed by atoms with E-state index >= 15 is 0 Å². The van der Waals surface area contributed by atoms with E-state index in [9.17, 15) is 0 Å². The Balaban J connectivity index is 2.16. The first-order valence-electron chi connectivity index (χ1n) is 5.99. The molecule has 3 heteroatoms. The van der Waals surface area contributed by atoms with E-state index in [0.29, 0.717) is 5.15 Å². The molecule has 1 aromatic heterocycles. The van der Waals surface area contributed by atoms with E-state index in [1.807, 2.05) is 13.0 Å². The topological polar surface area (TPSA) is 24.9 Å². The van der Waals surface area contributed by atoms with Crippen molar-refractivity contribution in [1.29, 1.82) is 0 Å². The number of aryl methyl sites for hydroxylation is 2. The zero-order chi connectivity index (χ0) is 13.1. The summed E-state index contributed by atoms with van der Waals surface area (Å²) in [5, 5.41) is 3.86. The van der Waals surface area contributed by atoms with Crippen LogP contribution in [0.4, 0.5) is 5.69 Å². The fourth-order valence-electron chi connectivity index (χ4n) is 1.87. The standard InChI is InChI=1S/C15H17ClN2/c1-10-7-14(15(16)18-8-10)17-9-13-6-4-5-11(2)12(13)3/h4-8,17H,9H2,1-3H3. The van der Waals surface area contributed by atoms with Crippen LogP contribution in [0, 0.1) is 20.8 Å². The van der Waals surface area contributed by atoms with Gasteiger partial charge in [-0.15, -0.1) is 0 Å². The zero-order valence-corrected chi connectivity index (χ0v) is 11.7. The minimum absolute atomic E-state index is 0.519. The second kappa shape index (κ2) is 5.40. The third-order valence-corrected chi connectivity index (χ3v) is 3.46. The van der Waals surface area contributed by atoms with Crippen LogP contribution in [-0.2, 0) is 6.54 Å². The second-order valence-corrected chi connectivity index (χ2v) is 4.92. The molecule has 0 aliphatic carbocycles. The first kappa shape index (κ1) is 12.9. The number of hydrogen-bond donors (Lipinski definition) is 1. The molecule has 1 aromatic carbocycles. The van der Waals surface area contributed by atoms with E-state index < -0.39 is 0 Å². The van der Waals surface area contributed by atoms with Crippen molar-refractivity contribution in [2.45, 2.75) is 27.3 Å². The molecular weight excluding hydrogens is 244 g/mol. The highest BCUT2D eigenvalue weighted by atomic mass is 35.5. The molecule has 0 amide bonds. The van der Waals surface area contributed by atoms with Gasteiger partial charge in [0.15, 0.2) is 5.15 Å². The lowest BCUT2D eigenvalue weighted by Crippen LogP contribution is -2.03. The maximum absolute atomic E-state index is 6.06. The Hall–Kier alpha value is -1.54. The number of hydrogen-bond acceptors (Lipinski definition) is 2. The van der Waals surface area contributed by atoms with E-state index in [-0.39, 0.29) is 0 Å². The highest BCUT2D eigenvalue weighted by molar-refractivity contribution is 6.31. The summed E-state index contributed by atoms with van der Waals surface area (Å²) in [4.78, 5) is 4.13. The van der Waals surface area contributed by atoms with Crippen LogP contribution in [0.2, 0.25) is 5.15 Å². The third-order valence-electron chi connectivity index (χ3n) is 3.16. The van der Waals surface area contributed by atoms with Gasteiger partial charge in [-0.05, 0) is 49.1 Å². The normalized spacial score (nSPS) is 10.4. The maximum atomic E-state index is 6.06. The lowest BCUT2D eigenvalue weighted by Gasteiger charge is -2.12. The van der Waals surface area contributed by atoms with Gasteiger partial charge in [0.1, 0.15) is 0 Å². The summed E-state index contributed by atoms with van der Waals surface area (Å²) >= 11 is 6.06. The van der Waals surface area contributed by atoms with Crippen molar-refractivity contribution in [3.63, 3.8) is 0 Å². The minimum atomic E-state index is 0.519. The molecule has 0 saturated heterocycles. The summed E-state index contributed by atoms with van der Waals surface area (Å²) < 4.78 is 0. The van der Waals surface area contributed by atoms with E-state index in [1.165, 1.54) is 16.7 Å². The Morgan fingerprint density at radius 3 is 2.78 bits per heavy atom. The van der Waals surface area contributed by atoms with Crippen molar-refractivity contribution in [1.82, 2.24) is 4.98 Å². The predicted molar refractivity (Wildman–Crippen MR) is 77.2 cm³/mol. The van der Waals surface area contributed by atoms with Gasteiger partial charge in [-0.25, -0.2) is 4.98 Å². The average molecular weight is 261 g/mol. The largest absolute Gasteiger partial charge is 0.378 e. The molecular formula is C15H17ClN2. The summed E-state index contributed by atoms with van der Waals surface area (Å²) in [6.07, 6.45) is 1.77. The third kappa shape index (κ3) is 2.82. The molecule has 2 nitrogen and oxygen atoms in total. The summed E-state index contributed by atoms with van der Waals surface area (Å²) in [5.74, 6) is 0. The first-order chi connectivity index (χ1) is 8.58. The Kier molecular flexibility index (Phi) is 3.87. The lowest BCUT2D eigenvalue weighted by molar-refractivity contribution is 1.09. The van der Waals surface area contributed by atoms with Crippen LogP contribution in [0.15, 0.2) is 30.5 Å². The van der Waals surface area contributed by atoms with Crippen molar-refractivity contribution in [3.8, 4) is 0 Å². The summed E-state index contributed by atoms with van der Waals surface area (Å²) in [5.41, 5.74) is 5.90.